The Hall–Kier alpha value is -7.02. The van der Waals surface area contributed by atoms with Crippen LogP contribution in [0.25, 0.3) is 109 Å². The van der Waals surface area contributed by atoms with Crippen molar-refractivity contribution in [3.8, 4) is 44.5 Å². The molecule has 0 radical (unpaired) electrons. The lowest BCUT2D eigenvalue weighted by molar-refractivity contribution is 1.63. The minimum absolute atomic E-state index is 1.21. The predicted molar refractivity (Wildman–Crippen MR) is 233 cm³/mol. The van der Waals surface area contributed by atoms with Gasteiger partial charge in [-0.3, -0.25) is 0 Å². The standard InChI is InChI=1S/C54H34/c1-2-15-37-31-38(28-27-35(37)13-1)39-29-30-50-52(33-39)53(42-19-11-18-40(32-42)44-26-12-17-36-14-3-5-20-43(36)44)48-24-9-10-25-49(48)54(50)51-34-41-16-4-6-21-45(41)46-22-7-8-23-47(46)51/h1-34H. The van der Waals surface area contributed by atoms with Crippen molar-refractivity contribution in [1.82, 2.24) is 0 Å². The molecule has 250 valence electrons. The van der Waals surface area contributed by atoms with Gasteiger partial charge in [0.1, 0.15) is 0 Å². The van der Waals surface area contributed by atoms with Crippen molar-refractivity contribution in [2.75, 3.05) is 0 Å². The fourth-order valence-electron chi connectivity index (χ4n) is 8.91. The number of hydrogen-bond donors (Lipinski definition) is 0. The summed E-state index contributed by atoms with van der Waals surface area (Å²) in [6.45, 7) is 0. The zero-order valence-corrected chi connectivity index (χ0v) is 29.6. The Balaban J connectivity index is 1.25. The first-order valence-electron chi connectivity index (χ1n) is 18.8. The van der Waals surface area contributed by atoms with Gasteiger partial charge in [0, 0.05) is 0 Å². The summed E-state index contributed by atoms with van der Waals surface area (Å²) < 4.78 is 0. The number of hydrogen-bond acceptors (Lipinski definition) is 0. The molecule has 11 aromatic rings. The Morgan fingerprint density at radius 3 is 1.57 bits per heavy atom. The van der Waals surface area contributed by atoms with Gasteiger partial charge in [-0.25, -0.2) is 0 Å². The molecule has 0 amide bonds. The third-order valence-corrected chi connectivity index (χ3v) is 11.4. The molecule has 0 saturated carbocycles. The first-order valence-corrected chi connectivity index (χ1v) is 18.8. The second-order valence-electron chi connectivity index (χ2n) is 14.4. The van der Waals surface area contributed by atoms with Crippen LogP contribution in [0.3, 0.4) is 0 Å². The Kier molecular flexibility index (Phi) is 6.97. The SMILES string of the molecule is c1cc(-c2cccc3ccccc23)cc(-c2c3ccccc3c(-c3cc4ccccc4c4ccccc34)c3ccc(-c4ccc5ccccc5c4)cc23)c1. The normalized spacial score (nSPS) is 11.7. The summed E-state index contributed by atoms with van der Waals surface area (Å²) in [7, 11) is 0. The van der Waals surface area contributed by atoms with Crippen molar-refractivity contribution in [3.63, 3.8) is 0 Å². The van der Waals surface area contributed by atoms with E-state index in [2.05, 4.69) is 206 Å². The minimum atomic E-state index is 1.21. The summed E-state index contributed by atoms with van der Waals surface area (Å²) in [4.78, 5) is 0. The van der Waals surface area contributed by atoms with E-state index in [1.165, 1.54) is 109 Å². The number of fused-ring (bicyclic) bond motifs is 7. The molecule has 11 aromatic carbocycles. The van der Waals surface area contributed by atoms with Crippen LogP contribution < -0.4 is 0 Å². The lowest BCUT2D eigenvalue weighted by Crippen LogP contribution is -1.93. The van der Waals surface area contributed by atoms with Gasteiger partial charge in [-0.2, -0.15) is 0 Å². The Morgan fingerprint density at radius 1 is 0.185 bits per heavy atom. The van der Waals surface area contributed by atoms with Gasteiger partial charge >= 0.3 is 0 Å². The molecule has 0 N–H and O–H groups in total. The molecular weight excluding hydrogens is 649 g/mol. The molecule has 0 aliphatic carbocycles. The van der Waals surface area contributed by atoms with E-state index in [-0.39, 0.29) is 0 Å². The van der Waals surface area contributed by atoms with Gasteiger partial charge in [0.25, 0.3) is 0 Å². The molecular formula is C54H34. The molecule has 0 bridgehead atoms. The molecule has 11 rings (SSSR count). The average molecular weight is 683 g/mol. The van der Waals surface area contributed by atoms with Crippen molar-refractivity contribution in [2.45, 2.75) is 0 Å². The van der Waals surface area contributed by atoms with Gasteiger partial charge in [0.15, 0.2) is 0 Å². The van der Waals surface area contributed by atoms with E-state index in [9.17, 15) is 0 Å². The zero-order chi connectivity index (χ0) is 35.6. The first kappa shape index (κ1) is 30.6. The van der Waals surface area contributed by atoms with Crippen molar-refractivity contribution >= 4 is 64.6 Å². The molecule has 0 aliphatic heterocycles. The molecule has 0 unspecified atom stereocenters. The molecule has 0 heterocycles. The molecule has 0 nitrogen and oxygen atoms in total. The predicted octanol–water partition coefficient (Wildman–Crippen LogP) is 15.3. The van der Waals surface area contributed by atoms with Gasteiger partial charge in [-0.15, -0.1) is 0 Å². The van der Waals surface area contributed by atoms with E-state index in [4.69, 9.17) is 0 Å². The van der Waals surface area contributed by atoms with Crippen molar-refractivity contribution in [3.05, 3.63) is 206 Å². The Labute approximate surface area is 314 Å². The topological polar surface area (TPSA) is 0 Å². The fourth-order valence-corrected chi connectivity index (χ4v) is 8.91. The monoisotopic (exact) mass is 682 g/mol. The van der Waals surface area contributed by atoms with Crippen LogP contribution in [0.4, 0.5) is 0 Å². The van der Waals surface area contributed by atoms with Crippen LogP contribution in [0.2, 0.25) is 0 Å². The highest BCUT2D eigenvalue weighted by molar-refractivity contribution is 6.26. The van der Waals surface area contributed by atoms with Crippen molar-refractivity contribution in [1.29, 1.82) is 0 Å². The van der Waals surface area contributed by atoms with Crippen LogP contribution in [-0.2, 0) is 0 Å². The van der Waals surface area contributed by atoms with E-state index >= 15 is 0 Å². The lowest BCUT2D eigenvalue weighted by atomic mass is 9.82. The van der Waals surface area contributed by atoms with Crippen LogP contribution >= 0.6 is 0 Å². The molecule has 0 aromatic heterocycles. The van der Waals surface area contributed by atoms with Gasteiger partial charge in [-0.05, 0) is 133 Å². The largest absolute Gasteiger partial charge is 0.0616 e. The van der Waals surface area contributed by atoms with Gasteiger partial charge in [0.2, 0.25) is 0 Å². The Morgan fingerprint density at radius 2 is 0.741 bits per heavy atom. The summed E-state index contributed by atoms with van der Waals surface area (Å²) in [5, 5.41) is 15.1. The maximum absolute atomic E-state index is 2.44. The van der Waals surface area contributed by atoms with Crippen LogP contribution in [0.1, 0.15) is 0 Å². The minimum Gasteiger partial charge on any atom is -0.0616 e. The molecule has 0 aliphatic rings. The van der Waals surface area contributed by atoms with Gasteiger partial charge < -0.3 is 0 Å². The molecule has 0 atom stereocenters. The van der Waals surface area contributed by atoms with Crippen LogP contribution in [-0.4, -0.2) is 0 Å². The average Bonchev–Trinajstić information content (AvgIpc) is 3.25. The van der Waals surface area contributed by atoms with E-state index in [0.29, 0.717) is 0 Å². The molecule has 0 fully saturated rings. The zero-order valence-electron chi connectivity index (χ0n) is 29.6. The Bertz CT molecular complexity index is 3270. The highest BCUT2D eigenvalue weighted by Crippen LogP contribution is 2.48. The van der Waals surface area contributed by atoms with E-state index in [1.54, 1.807) is 0 Å². The third-order valence-electron chi connectivity index (χ3n) is 11.4. The summed E-state index contributed by atoms with van der Waals surface area (Å²) in [6, 6.07) is 76.3. The number of rotatable bonds is 4. The van der Waals surface area contributed by atoms with Crippen LogP contribution in [0, 0.1) is 0 Å². The van der Waals surface area contributed by atoms with Gasteiger partial charge in [0.05, 0.1) is 0 Å². The van der Waals surface area contributed by atoms with E-state index in [0.717, 1.165) is 0 Å². The smallest absolute Gasteiger partial charge is 0.00199 e. The summed E-state index contributed by atoms with van der Waals surface area (Å²) in [6.07, 6.45) is 0. The van der Waals surface area contributed by atoms with Crippen molar-refractivity contribution in [2.24, 2.45) is 0 Å². The maximum atomic E-state index is 2.44. The fraction of sp³-hybridized carbons (Fsp3) is 0. The van der Waals surface area contributed by atoms with E-state index < -0.39 is 0 Å². The molecule has 54 heavy (non-hydrogen) atoms. The van der Waals surface area contributed by atoms with E-state index in [1.807, 2.05) is 0 Å². The lowest BCUT2D eigenvalue weighted by Gasteiger charge is -2.21. The second kappa shape index (κ2) is 12.3. The maximum Gasteiger partial charge on any atom is -0.00199 e. The first-order chi connectivity index (χ1) is 26.8. The number of benzene rings is 11. The molecule has 0 heteroatoms. The van der Waals surface area contributed by atoms with Gasteiger partial charge in [-0.1, -0.05) is 182 Å². The summed E-state index contributed by atoms with van der Waals surface area (Å²) >= 11 is 0. The highest BCUT2D eigenvalue weighted by atomic mass is 14.2. The second-order valence-corrected chi connectivity index (χ2v) is 14.4. The quantitative estimate of drug-likeness (QED) is 0.128. The molecule has 0 saturated heterocycles. The highest BCUT2D eigenvalue weighted by Gasteiger charge is 2.20. The van der Waals surface area contributed by atoms with Crippen molar-refractivity contribution < 1.29 is 0 Å². The van der Waals surface area contributed by atoms with Crippen LogP contribution in [0.15, 0.2) is 206 Å². The third kappa shape index (κ3) is 4.85. The summed E-state index contributed by atoms with van der Waals surface area (Å²) in [5.74, 6) is 0. The van der Waals surface area contributed by atoms with Crippen LogP contribution in [0.5, 0.6) is 0 Å². The summed E-state index contributed by atoms with van der Waals surface area (Å²) in [5.41, 5.74) is 9.92. The molecule has 0 spiro atoms.